The molecule has 0 unspecified atom stereocenters. The van der Waals surface area contributed by atoms with Crippen molar-refractivity contribution >= 4 is 46.2 Å². The van der Waals surface area contributed by atoms with Gasteiger partial charge in [0.2, 0.25) is 0 Å². The van der Waals surface area contributed by atoms with Gasteiger partial charge in [0.25, 0.3) is 11.8 Å². The summed E-state index contributed by atoms with van der Waals surface area (Å²) in [5.74, 6) is -0.669. The molecule has 0 aliphatic heterocycles. The van der Waals surface area contributed by atoms with Crippen LogP contribution in [0.5, 0.6) is 0 Å². The largest absolute Gasteiger partial charge is 0.289 e. The van der Waals surface area contributed by atoms with Gasteiger partial charge in [0, 0.05) is 25.2 Å². The highest BCUT2D eigenvalue weighted by atomic mass is 32.1. The first-order valence-electron chi connectivity index (χ1n) is 8.90. The number of rotatable bonds is 4. The van der Waals surface area contributed by atoms with Gasteiger partial charge in [-0.15, -0.1) is 0 Å². The van der Waals surface area contributed by atoms with Gasteiger partial charge >= 0.3 is 0 Å². The average molecular weight is 451 g/mol. The molecule has 0 aromatic heterocycles. The fourth-order valence-corrected chi connectivity index (χ4v) is 3.12. The number of carbonyl (C=O) groups excluding carboxylic acids is 2. The van der Waals surface area contributed by atoms with Crippen LogP contribution in [0.15, 0.2) is 48.5 Å². The van der Waals surface area contributed by atoms with Crippen molar-refractivity contribution in [1.82, 2.24) is 20.9 Å². The third-order valence-corrected chi connectivity index (χ3v) is 4.51. The molecule has 0 spiro atoms. The first kappa shape index (κ1) is 23.4. The quantitative estimate of drug-likeness (QED) is 0.539. The maximum atomic E-state index is 12.4. The SMILES string of the molecule is CN(NC(=S)CC(=S)NN(C)C(=O)c1ccc(C#N)cc1)C(=O)c1ccc(C#N)cc1. The molecule has 0 bridgehead atoms. The van der Waals surface area contributed by atoms with E-state index in [0.29, 0.717) is 22.3 Å². The summed E-state index contributed by atoms with van der Waals surface area (Å²) in [7, 11) is 3.04. The van der Waals surface area contributed by atoms with Crippen LogP contribution in [0.1, 0.15) is 38.3 Å². The van der Waals surface area contributed by atoms with Crippen LogP contribution in [0.2, 0.25) is 0 Å². The predicted octanol–water partition coefficient (Wildman–Crippen LogP) is 2.33. The average Bonchev–Trinajstić information content (AvgIpc) is 2.77. The molecule has 0 heterocycles. The standard InChI is InChI=1S/C21H18N6O2S2/c1-26(20(28)16-7-3-14(12-22)4-8-16)24-18(30)11-19(31)25-27(2)21(29)17-9-5-15(13-23)6-10-17/h3-10H,11H2,1-2H3,(H,24,30)(H,25,31). The molecule has 8 nitrogen and oxygen atoms in total. The summed E-state index contributed by atoms with van der Waals surface area (Å²) in [6.07, 6.45) is 0.112. The summed E-state index contributed by atoms with van der Waals surface area (Å²) in [4.78, 5) is 25.4. The summed E-state index contributed by atoms with van der Waals surface area (Å²) in [6.45, 7) is 0. The topological polar surface area (TPSA) is 112 Å². The molecule has 2 aromatic carbocycles. The third-order valence-electron chi connectivity index (χ3n) is 4.04. The van der Waals surface area contributed by atoms with Gasteiger partial charge in [-0.05, 0) is 48.5 Å². The number of thiocarbonyl (C=S) groups is 2. The van der Waals surface area contributed by atoms with E-state index in [4.69, 9.17) is 35.0 Å². The molecule has 0 atom stereocenters. The molecule has 2 N–H and O–H groups in total. The third kappa shape index (κ3) is 6.57. The highest BCUT2D eigenvalue weighted by Crippen LogP contribution is 2.07. The molecule has 2 amide bonds. The number of hydrazine groups is 2. The summed E-state index contributed by atoms with van der Waals surface area (Å²) in [5.41, 5.74) is 7.25. The number of nitrogens with one attached hydrogen (secondary N) is 2. The van der Waals surface area contributed by atoms with Crippen molar-refractivity contribution in [2.24, 2.45) is 0 Å². The van der Waals surface area contributed by atoms with E-state index < -0.39 is 0 Å². The fourth-order valence-electron chi connectivity index (χ4n) is 2.46. The Balaban J connectivity index is 1.87. The van der Waals surface area contributed by atoms with Gasteiger partial charge in [-0.3, -0.25) is 30.5 Å². The molecule has 156 valence electrons. The second-order valence-corrected chi connectivity index (χ2v) is 7.34. The van der Waals surface area contributed by atoms with E-state index in [2.05, 4.69) is 10.9 Å². The number of amides is 2. The lowest BCUT2D eigenvalue weighted by Gasteiger charge is -2.23. The van der Waals surface area contributed by atoms with Crippen molar-refractivity contribution in [3.05, 3.63) is 70.8 Å². The lowest BCUT2D eigenvalue weighted by atomic mass is 10.1. The Hall–Kier alpha value is -3.86. The van der Waals surface area contributed by atoms with Crippen LogP contribution in [0, 0.1) is 22.7 Å². The summed E-state index contributed by atoms with van der Waals surface area (Å²) in [5, 5.41) is 20.1. The van der Waals surface area contributed by atoms with Crippen molar-refractivity contribution in [3.63, 3.8) is 0 Å². The van der Waals surface area contributed by atoms with Crippen LogP contribution >= 0.6 is 24.4 Å². The number of hydrogen-bond acceptors (Lipinski definition) is 6. The van der Waals surface area contributed by atoms with Crippen LogP contribution in [0.3, 0.4) is 0 Å². The van der Waals surface area contributed by atoms with E-state index in [1.165, 1.54) is 24.1 Å². The normalized spacial score (nSPS) is 9.55. The smallest absolute Gasteiger partial charge is 0.271 e. The number of carbonyl (C=O) groups is 2. The first-order valence-corrected chi connectivity index (χ1v) is 9.72. The van der Waals surface area contributed by atoms with Gasteiger partial charge in [-0.25, -0.2) is 0 Å². The number of nitriles is 2. The van der Waals surface area contributed by atoms with Gasteiger partial charge in [0.15, 0.2) is 0 Å². The van der Waals surface area contributed by atoms with E-state index in [1.807, 2.05) is 12.1 Å². The van der Waals surface area contributed by atoms with Crippen molar-refractivity contribution < 1.29 is 9.59 Å². The zero-order valence-electron chi connectivity index (χ0n) is 16.7. The maximum Gasteiger partial charge on any atom is 0.271 e. The molecule has 0 saturated carbocycles. The van der Waals surface area contributed by atoms with E-state index in [1.54, 1.807) is 48.5 Å². The lowest BCUT2D eigenvalue weighted by molar-refractivity contribution is 0.0755. The van der Waals surface area contributed by atoms with Crippen LogP contribution in [0.25, 0.3) is 0 Å². The zero-order chi connectivity index (χ0) is 23.0. The fraction of sp³-hybridized carbons (Fsp3) is 0.143. The van der Waals surface area contributed by atoms with Gasteiger partial charge in [0.1, 0.15) is 9.98 Å². The second-order valence-electron chi connectivity index (χ2n) is 6.35. The minimum atomic E-state index is -0.334. The minimum absolute atomic E-state index is 0.112. The minimum Gasteiger partial charge on any atom is -0.289 e. The van der Waals surface area contributed by atoms with Crippen molar-refractivity contribution in [2.75, 3.05) is 14.1 Å². The highest BCUT2D eigenvalue weighted by Gasteiger charge is 2.16. The maximum absolute atomic E-state index is 12.4. The predicted molar refractivity (Wildman–Crippen MR) is 123 cm³/mol. The van der Waals surface area contributed by atoms with E-state index in [9.17, 15) is 9.59 Å². The number of benzene rings is 2. The molecular formula is C21H18N6O2S2. The van der Waals surface area contributed by atoms with Gasteiger partial charge in [-0.1, -0.05) is 24.4 Å². The molecule has 0 saturated heterocycles. The zero-order valence-corrected chi connectivity index (χ0v) is 18.4. The molecule has 10 heteroatoms. The molecule has 0 aliphatic rings. The Morgan fingerprint density at radius 2 is 1.10 bits per heavy atom. The lowest BCUT2D eigenvalue weighted by Crippen LogP contribution is -2.46. The Kier molecular flexibility index (Phi) is 8.15. The van der Waals surface area contributed by atoms with Crippen molar-refractivity contribution in [3.8, 4) is 12.1 Å². The summed E-state index contributed by atoms with van der Waals surface area (Å²) < 4.78 is 0. The van der Waals surface area contributed by atoms with Gasteiger partial charge in [0.05, 0.1) is 29.7 Å². The molecular weight excluding hydrogens is 432 g/mol. The van der Waals surface area contributed by atoms with Crippen molar-refractivity contribution in [2.45, 2.75) is 6.42 Å². The Morgan fingerprint density at radius 1 is 0.774 bits per heavy atom. The Morgan fingerprint density at radius 3 is 1.39 bits per heavy atom. The Labute approximate surface area is 190 Å². The monoisotopic (exact) mass is 450 g/mol. The molecule has 0 aliphatic carbocycles. The number of hydrogen-bond donors (Lipinski definition) is 2. The highest BCUT2D eigenvalue weighted by molar-refractivity contribution is 7.82. The molecule has 31 heavy (non-hydrogen) atoms. The Bertz CT molecular complexity index is 997. The molecule has 2 rings (SSSR count). The van der Waals surface area contributed by atoms with Gasteiger partial charge in [-0.2, -0.15) is 10.5 Å². The van der Waals surface area contributed by atoms with Crippen LogP contribution < -0.4 is 10.9 Å². The number of nitrogens with zero attached hydrogens (tertiary/aromatic N) is 4. The van der Waals surface area contributed by atoms with Crippen molar-refractivity contribution in [1.29, 1.82) is 10.5 Å². The molecule has 0 radical (unpaired) electrons. The molecule has 0 fully saturated rings. The second kappa shape index (κ2) is 10.8. The van der Waals surface area contributed by atoms with Crippen LogP contribution in [-0.2, 0) is 0 Å². The summed E-state index contributed by atoms with van der Waals surface area (Å²) >= 11 is 10.5. The van der Waals surface area contributed by atoms with Crippen LogP contribution in [-0.4, -0.2) is 45.9 Å². The first-order chi connectivity index (χ1) is 14.7. The van der Waals surface area contributed by atoms with E-state index >= 15 is 0 Å². The molecule has 2 aromatic rings. The van der Waals surface area contributed by atoms with E-state index in [0.717, 1.165) is 0 Å². The van der Waals surface area contributed by atoms with Gasteiger partial charge < -0.3 is 0 Å². The van der Waals surface area contributed by atoms with Crippen LogP contribution in [0.4, 0.5) is 0 Å². The summed E-state index contributed by atoms with van der Waals surface area (Å²) in [6, 6.07) is 16.4. The van der Waals surface area contributed by atoms with E-state index in [-0.39, 0.29) is 28.2 Å².